The largest absolute Gasteiger partial charge is 0.298 e. The maximum Gasteiger partial charge on any atom is 0.103 e. The van der Waals surface area contributed by atoms with Crippen molar-refractivity contribution in [3.8, 4) is 0 Å². The first kappa shape index (κ1) is 9.75. The molecule has 1 saturated heterocycles. The molecule has 0 saturated carbocycles. The van der Waals surface area contributed by atoms with Gasteiger partial charge in [0.25, 0.3) is 0 Å². The molecule has 15 heavy (non-hydrogen) atoms. The van der Waals surface area contributed by atoms with E-state index in [2.05, 4.69) is 13.6 Å². The highest BCUT2D eigenvalue weighted by Crippen LogP contribution is 2.37. The van der Waals surface area contributed by atoms with E-state index in [1.165, 1.54) is 36.7 Å². The molecular formula is C10H12ClN3S. The van der Waals surface area contributed by atoms with Gasteiger partial charge in [0.2, 0.25) is 0 Å². The van der Waals surface area contributed by atoms with Crippen molar-refractivity contribution in [3.63, 3.8) is 0 Å². The Balaban J connectivity index is 1.99. The second-order valence-corrected chi connectivity index (χ2v) is 5.16. The molecule has 0 aromatic carbocycles. The molecule has 0 radical (unpaired) electrons. The van der Waals surface area contributed by atoms with Crippen LogP contribution in [0.5, 0.6) is 0 Å². The Hall–Kier alpha value is -0.450. The van der Waals surface area contributed by atoms with Gasteiger partial charge in [-0.1, -0.05) is 11.6 Å². The smallest absolute Gasteiger partial charge is 0.103 e. The highest BCUT2D eigenvalue weighted by Gasteiger charge is 2.30. The van der Waals surface area contributed by atoms with E-state index in [0.29, 0.717) is 5.92 Å². The fourth-order valence-electron chi connectivity index (χ4n) is 2.45. The van der Waals surface area contributed by atoms with Gasteiger partial charge in [0, 0.05) is 29.6 Å². The molecule has 1 aromatic heterocycles. The summed E-state index contributed by atoms with van der Waals surface area (Å²) in [6.07, 6.45) is 4.31. The van der Waals surface area contributed by atoms with Crippen molar-refractivity contribution in [3.05, 3.63) is 16.9 Å². The summed E-state index contributed by atoms with van der Waals surface area (Å²) in [6.45, 7) is 3.27. The highest BCUT2D eigenvalue weighted by atomic mass is 35.5. The number of piperidine rings is 1. The van der Waals surface area contributed by atoms with Crippen molar-refractivity contribution in [1.82, 2.24) is 13.6 Å². The molecule has 2 aliphatic rings. The van der Waals surface area contributed by atoms with E-state index in [1.54, 1.807) is 0 Å². The van der Waals surface area contributed by atoms with Crippen molar-refractivity contribution < 1.29 is 0 Å². The first-order chi connectivity index (χ1) is 7.34. The molecule has 2 bridgehead atoms. The molecule has 3 rings (SSSR count). The Morgan fingerprint density at radius 3 is 3.27 bits per heavy atom. The molecule has 2 atom stereocenters. The molecule has 0 aliphatic carbocycles. The first-order valence-corrected chi connectivity index (χ1v) is 6.34. The van der Waals surface area contributed by atoms with Crippen molar-refractivity contribution in [1.29, 1.82) is 0 Å². The average Bonchev–Trinajstić information content (AvgIpc) is 2.77. The Labute approximate surface area is 98.1 Å². The van der Waals surface area contributed by atoms with Gasteiger partial charge in [-0.2, -0.15) is 8.75 Å². The summed E-state index contributed by atoms with van der Waals surface area (Å²) < 4.78 is 8.32. The molecule has 2 aliphatic heterocycles. The molecule has 0 N–H and O–H groups in total. The molecule has 1 aromatic rings. The maximum absolute atomic E-state index is 6.43. The first-order valence-electron chi connectivity index (χ1n) is 5.23. The second-order valence-electron chi connectivity index (χ2n) is 4.19. The van der Waals surface area contributed by atoms with Crippen LogP contribution in [0.25, 0.3) is 5.57 Å². The highest BCUT2D eigenvalue weighted by molar-refractivity contribution is 6.99. The van der Waals surface area contributed by atoms with Crippen LogP contribution in [-0.2, 0) is 0 Å². The number of halogens is 1. The van der Waals surface area contributed by atoms with Gasteiger partial charge < -0.3 is 0 Å². The maximum atomic E-state index is 6.43. The summed E-state index contributed by atoms with van der Waals surface area (Å²) in [5.41, 5.74) is 2.17. The third-order valence-corrected chi connectivity index (χ3v) is 4.22. The lowest BCUT2D eigenvalue weighted by molar-refractivity contribution is 0.205. The number of aromatic nitrogens is 2. The van der Waals surface area contributed by atoms with Gasteiger partial charge in [-0.25, -0.2) is 0 Å². The van der Waals surface area contributed by atoms with E-state index in [1.807, 2.05) is 6.20 Å². The number of fused-ring (bicyclic) bond motifs is 2. The normalized spacial score (nSPS) is 30.7. The Morgan fingerprint density at radius 1 is 1.53 bits per heavy atom. The standard InChI is InChI=1S/C10H12ClN3S/c11-10-7-2-1-3-14(5-7)6-8(10)9-4-12-15-13-9/h4,7H,1-3,5-6H2. The Morgan fingerprint density at radius 2 is 2.47 bits per heavy atom. The SMILES string of the molecule is ClC1=C(c2cnsn2)CN2CCCC1C2. The number of hydrogen-bond acceptors (Lipinski definition) is 4. The van der Waals surface area contributed by atoms with E-state index >= 15 is 0 Å². The zero-order valence-corrected chi connectivity index (χ0v) is 9.89. The van der Waals surface area contributed by atoms with E-state index in [0.717, 1.165) is 23.8 Å². The van der Waals surface area contributed by atoms with Gasteiger partial charge in [0.05, 0.1) is 17.9 Å². The average molecular weight is 242 g/mol. The van der Waals surface area contributed by atoms with Crippen LogP contribution in [0.2, 0.25) is 0 Å². The lowest BCUT2D eigenvalue weighted by Crippen LogP contribution is -2.40. The van der Waals surface area contributed by atoms with Crippen molar-refractivity contribution >= 4 is 28.9 Å². The molecule has 0 amide bonds. The van der Waals surface area contributed by atoms with Gasteiger partial charge in [-0.15, -0.1) is 0 Å². The molecular weight excluding hydrogens is 230 g/mol. The van der Waals surface area contributed by atoms with Crippen LogP contribution in [0.4, 0.5) is 0 Å². The molecule has 3 heterocycles. The van der Waals surface area contributed by atoms with Gasteiger partial charge in [-0.3, -0.25) is 4.90 Å². The van der Waals surface area contributed by atoms with Crippen LogP contribution in [0.3, 0.4) is 0 Å². The summed E-state index contributed by atoms with van der Waals surface area (Å²) in [6, 6.07) is 0. The summed E-state index contributed by atoms with van der Waals surface area (Å²) in [7, 11) is 0. The third-order valence-electron chi connectivity index (χ3n) is 3.20. The van der Waals surface area contributed by atoms with E-state index < -0.39 is 0 Å². The molecule has 1 fully saturated rings. The monoisotopic (exact) mass is 241 g/mol. The number of hydrogen-bond donors (Lipinski definition) is 0. The van der Waals surface area contributed by atoms with Crippen LogP contribution in [0, 0.1) is 5.92 Å². The lowest BCUT2D eigenvalue weighted by atomic mass is 9.90. The summed E-state index contributed by atoms with van der Waals surface area (Å²) in [5, 5.41) is 1.03. The minimum absolute atomic E-state index is 0.533. The van der Waals surface area contributed by atoms with Crippen molar-refractivity contribution in [2.75, 3.05) is 19.6 Å². The van der Waals surface area contributed by atoms with Gasteiger partial charge in [-0.05, 0) is 19.4 Å². The van der Waals surface area contributed by atoms with Crippen LogP contribution in [0.1, 0.15) is 18.5 Å². The van der Waals surface area contributed by atoms with Gasteiger partial charge in [0.15, 0.2) is 0 Å². The van der Waals surface area contributed by atoms with Gasteiger partial charge in [0.1, 0.15) is 5.69 Å². The van der Waals surface area contributed by atoms with Crippen LogP contribution in [0.15, 0.2) is 11.2 Å². The van der Waals surface area contributed by atoms with Crippen LogP contribution < -0.4 is 0 Å². The molecule has 5 heteroatoms. The topological polar surface area (TPSA) is 29.0 Å². The Bertz CT molecular complexity index is 387. The van der Waals surface area contributed by atoms with E-state index in [4.69, 9.17) is 11.6 Å². The summed E-state index contributed by atoms with van der Waals surface area (Å²) in [4.78, 5) is 2.47. The Kier molecular flexibility index (Phi) is 2.50. The zero-order chi connectivity index (χ0) is 10.3. The fraction of sp³-hybridized carbons (Fsp3) is 0.600. The van der Waals surface area contributed by atoms with Crippen molar-refractivity contribution in [2.24, 2.45) is 5.92 Å². The van der Waals surface area contributed by atoms with Crippen LogP contribution in [-0.4, -0.2) is 33.3 Å². The van der Waals surface area contributed by atoms with Crippen molar-refractivity contribution in [2.45, 2.75) is 12.8 Å². The molecule has 80 valence electrons. The van der Waals surface area contributed by atoms with Crippen LogP contribution >= 0.6 is 23.3 Å². The third kappa shape index (κ3) is 1.71. The molecule has 2 unspecified atom stereocenters. The molecule has 3 nitrogen and oxygen atoms in total. The fourth-order valence-corrected chi connectivity index (χ4v) is 3.23. The minimum Gasteiger partial charge on any atom is -0.298 e. The quantitative estimate of drug-likeness (QED) is 0.755. The lowest BCUT2D eigenvalue weighted by Gasteiger charge is -2.38. The summed E-state index contributed by atoms with van der Waals surface area (Å²) >= 11 is 7.68. The predicted octanol–water partition coefficient (Wildman–Crippen LogP) is 2.21. The van der Waals surface area contributed by atoms with E-state index in [-0.39, 0.29) is 0 Å². The second kappa shape index (κ2) is 3.85. The number of rotatable bonds is 1. The minimum atomic E-state index is 0.533. The zero-order valence-electron chi connectivity index (χ0n) is 8.32. The summed E-state index contributed by atoms with van der Waals surface area (Å²) in [5.74, 6) is 0.533. The number of nitrogens with zero attached hydrogens (tertiary/aromatic N) is 3. The van der Waals surface area contributed by atoms with E-state index in [9.17, 15) is 0 Å². The van der Waals surface area contributed by atoms with Gasteiger partial charge >= 0.3 is 0 Å². The molecule has 0 spiro atoms. The predicted molar refractivity (Wildman–Crippen MR) is 61.8 cm³/mol.